The van der Waals surface area contributed by atoms with Gasteiger partial charge < -0.3 is 16.4 Å². The first-order valence-corrected chi connectivity index (χ1v) is 12.1. The number of benzene rings is 3. The van der Waals surface area contributed by atoms with Gasteiger partial charge in [0.05, 0.1) is 15.6 Å². The van der Waals surface area contributed by atoms with E-state index in [9.17, 15) is 22.0 Å². The lowest BCUT2D eigenvalue weighted by molar-refractivity contribution is 0.0170. The van der Waals surface area contributed by atoms with E-state index in [1.54, 1.807) is 32.0 Å². The Balaban J connectivity index is 1.92. The van der Waals surface area contributed by atoms with Crippen LogP contribution in [0.25, 0.3) is 5.70 Å². The Hall–Kier alpha value is -3.23. The second-order valence-corrected chi connectivity index (χ2v) is 10.8. The molecule has 1 unspecified atom stereocenters. The lowest BCUT2D eigenvalue weighted by Crippen LogP contribution is -2.27. The van der Waals surface area contributed by atoms with E-state index >= 15 is 0 Å². The summed E-state index contributed by atoms with van der Waals surface area (Å²) in [7, 11) is 0. The van der Waals surface area contributed by atoms with Crippen LogP contribution in [0.5, 0.6) is 0 Å². The highest BCUT2D eigenvalue weighted by molar-refractivity contribution is 6.32. The van der Waals surface area contributed by atoms with Gasteiger partial charge in [-0.3, -0.25) is 0 Å². The van der Waals surface area contributed by atoms with Crippen molar-refractivity contribution in [3.8, 4) is 0 Å². The number of hydrogen-bond donors (Lipinski definition) is 3. The Labute approximate surface area is 228 Å². The summed E-state index contributed by atoms with van der Waals surface area (Å²) in [6, 6.07) is 10.1. The normalized spacial score (nSPS) is 12.7. The topological polar surface area (TPSA) is 50.1 Å². The third-order valence-corrected chi connectivity index (χ3v) is 6.35. The molecular weight excluding hydrogens is 544 g/mol. The molecule has 3 nitrogen and oxygen atoms in total. The summed E-state index contributed by atoms with van der Waals surface area (Å²) in [5, 5.41) is 6.08. The minimum Gasteiger partial charge on any atom is -0.394 e. The summed E-state index contributed by atoms with van der Waals surface area (Å²) in [6.45, 7) is 11.9. The molecule has 0 aliphatic heterocycles. The first kappa shape index (κ1) is 29.3. The molecule has 202 valence electrons. The van der Waals surface area contributed by atoms with Crippen molar-refractivity contribution < 1.29 is 22.0 Å². The minimum absolute atomic E-state index is 0.105. The Morgan fingerprint density at radius 2 is 1.61 bits per heavy atom. The Morgan fingerprint density at radius 3 is 2.21 bits per heavy atom. The predicted octanol–water partition coefficient (Wildman–Crippen LogP) is 9.26. The molecule has 0 aliphatic rings. The van der Waals surface area contributed by atoms with Crippen molar-refractivity contribution >= 4 is 46.0 Å². The van der Waals surface area contributed by atoms with Crippen LogP contribution in [0.2, 0.25) is 5.02 Å². The fourth-order valence-electron chi connectivity index (χ4n) is 4.03. The Morgan fingerprint density at radius 1 is 0.947 bits per heavy atom. The van der Waals surface area contributed by atoms with Crippen LogP contribution in [0, 0.1) is 17.5 Å². The van der Waals surface area contributed by atoms with Gasteiger partial charge in [0, 0.05) is 41.1 Å². The molecule has 0 fully saturated rings. The average molecular weight is 570 g/mol. The fraction of sp³-hybridized carbons (Fsp3) is 0.214. The quantitative estimate of drug-likeness (QED) is 0.137. The zero-order valence-electron chi connectivity index (χ0n) is 20.8. The molecule has 0 spiro atoms. The number of rotatable bonds is 9. The third-order valence-electron chi connectivity index (χ3n) is 5.80. The van der Waals surface area contributed by atoms with Crippen LogP contribution in [-0.2, 0) is 5.92 Å². The summed E-state index contributed by atoms with van der Waals surface area (Å²) < 4.78 is 70.2. The van der Waals surface area contributed by atoms with E-state index in [1.165, 1.54) is 12.1 Å². The summed E-state index contributed by atoms with van der Waals surface area (Å²) >= 11 is 13.0. The maximum absolute atomic E-state index is 14.4. The number of nitrogens with one attached hydrogen (secondary N) is 2. The van der Waals surface area contributed by atoms with Crippen LogP contribution in [0.15, 0.2) is 67.4 Å². The van der Waals surface area contributed by atoms with E-state index in [1.807, 2.05) is 0 Å². The predicted molar refractivity (Wildman–Crippen MR) is 146 cm³/mol. The maximum Gasteiger partial charge on any atom is 0.270 e. The average Bonchev–Trinajstić information content (AvgIpc) is 2.79. The molecule has 0 aromatic heterocycles. The second kappa shape index (κ2) is 10.9. The van der Waals surface area contributed by atoms with E-state index < -0.39 is 45.4 Å². The van der Waals surface area contributed by atoms with E-state index in [0.717, 1.165) is 18.2 Å². The van der Waals surface area contributed by atoms with Gasteiger partial charge in [-0.1, -0.05) is 24.8 Å². The van der Waals surface area contributed by atoms with Crippen LogP contribution in [0.3, 0.4) is 0 Å². The van der Waals surface area contributed by atoms with Gasteiger partial charge in [-0.05, 0) is 67.9 Å². The zero-order valence-corrected chi connectivity index (χ0v) is 22.3. The van der Waals surface area contributed by atoms with Gasteiger partial charge in [0.1, 0.15) is 17.3 Å². The van der Waals surface area contributed by atoms with Gasteiger partial charge in [-0.25, -0.2) is 22.0 Å². The van der Waals surface area contributed by atoms with Crippen molar-refractivity contribution in [1.29, 1.82) is 0 Å². The molecule has 0 aliphatic carbocycles. The van der Waals surface area contributed by atoms with E-state index in [0.29, 0.717) is 23.9 Å². The van der Waals surface area contributed by atoms with Crippen molar-refractivity contribution in [2.45, 2.75) is 37.5 Å². The highest BCUT2D eigenvalue weighted by Gasteiger charge is 2.34. The standard InChI is InChI=1S/C28H26Cl2F5N3/c1-14(38-23-9-8-22(32)26(36)25(23)33)20-13-19(6-7-21(20)29)37-15(2)24(27(3,4)30)16-10-17(28(5,34)35)12-18(31)11-16/h6-13,24,37-38H,1-2,36H2,3-5H3. The lowest BCUT2D eigenvalue weighted by atomic mass is 9.84. The third kappa shape index (κ3) is 6.60. The number of nitrogens with two attached hydrogens (primary N) is 1. The summed E-state index contributed by atoms with van der Waals surface area (Å²) in [6.07, 6.45) is 0. The molecule has 3 rings (SSSR count). The fourth-order valence-corrected chi connectivity index (χ4v) is 4.52. The number of anilines is 3. The molecule has 0 radical (unpaired) electrons. The summed E-state index contributed by atoms with van der Waals surface area (Å²) in [4.78, 5) is -1.06. The first-order valence-electron chi connectivity index (χ1n) is 11.3. The number of nitrogen functional groups attached to an aromatic ring is 1. The van der Waals surface area contributed by atoms with Crippen molar-refractivity contribution in [3.63, 3.8) is 0 Å². The van der Waals surface area contributed by atoms with Gasteiger partial charge in [-0.15, -0.1) is 11.6 Å². The van der Waals surface area contributed by atoms with Crippen LogP contribution < -0.4 is 16.4 Å². The van der Waals surface area contributed by atoms with E-state index in [4.69, 9.17) is 28.9 Å². The Bertz CT molecular complexity index is 1390. The molecule has 1 atom stereocenters. The smallest absolute Gasteiger partial charge is 0.270 e. The van der Waals surface area contributed by atoms with Gasteiger partial charge >= 0.3 is 0 Å². The number of halogens is 7. The molecule has 0 bridgehead atoms. The van der Waals surface area contributed by atoms with Gasteiger partial charge in [-0.2, -0.15) is 0 Å². The number of hydrogen-bond acceptors (Lipinski definition) is 3. The van der Waals surface area contributed by atoms with Gasteiger partial charge in [0.25, 0.3) is 5.92 Å². The van der Waals surface area contributed by atoms with E-state index in [2.05, 4.69) is 23.8 Å². The van der Waals surface area contributed by atoms with Crippen molar-refractivity contribution in [2.24, 2.45) is 0 Å². The molecule has 10 heteroatoms. The van der Waals surface area contributed by atoms with Gasteiger partial charge in [0.15, 0.2) is 5.82 Å². The monoisotopic (exact) mass is 569 g/mol. The second-order valence-electron chi connectivity index (χ2n) is 9.43. The molecule has 0 saturated carbocycles. The van der Waals surface area contributed by atoms with E-state index in [-0.39, 0.29) is 22.0 Å². The minimum atomic E-state index is -3.26. The van der Waals surface area contributed by atoms with Crippen molar-refractivity contribution in [1.82, 2.24) is 0 Å². The molecule has 0 saturated heterocycles. The summed E-state index contributed by atoms with van der Waals surface area (Å²) in [5.41, 5.74) is 5.70. The SMILES string of the molecule is C=C(Nc1ccc(F)c(N)c1F)c1cc(NC(=C)C(c2cc(F)cc(C(C)(F)F)c2)C(C)(C)Cl)ccc1Cl. The van der Waals surface area contributed by atoms with Gasteiger partial charge in [0.2, 0.25) is 0 Å². The molecule has 3 aromatic rings. The lowest BCUT2D eigenvalue weighted by Gasteiger charge is -2.32. The highest BCUT2D eigenvalue weighted by atomic mass is 35.5. The molecule has 0 amide bonds. The Kier molecular flexibility index (Phi) is 8.39. The highest BCUT2D eigenvalue weighted by Crippen LogP contribution is 2.41. The summed E-state index contributed by atoms with van der Waals surface area (Å²) in [5.74, 6) is -6.77. The largest absolute Gasteiger partial charge is 0.394 e. The zero-order chi connectivity index (χ0) is 28.6. The maximum atomic E-state index is 14.4. The van der Waals surface area contributed by atoms with Crippen molar-refractivity contribution in [3.05, 3.63) is 107 Å². The van der Waals surface area contributed by atoms with Crippen molar-refractivity contribution in [2.75, 3.05) is 16.4 Å². The molecule has 3 aromatic carbocycles. The van der Waals surface area contributed by atoms with Crippen LogP contribution in [0.1, 0.15) is 43.4 Å². The number of allylic oxidation sites excluding steroid dienone is 1. The van der Waals surface area contributed by atoms with Crippen LogP contribution in [-0.4, -0.2) is 4.87 Å². The van der Waals surface area contributed by atoms with Crippen LogP contribution in [0.4, 0.5) is 39.0 Å². The van der Waals surface area contributed by atoms with Crippen LogP contribution >= 0.6 is 23.2 Å². The number of alkyl halides is 3. The first-order chi connectivity index (χ1) is 17.5. The molecule has 4 N–H and O–H groups in total. The molecule has 0 heterocycles. The molecule has 38 heavy (non-hydrogen) atoms. The molecular formula is C28H26Cl2F5N3.